The first-order valence-corrected chi connectivity index (χ1v) is 5.22. The first-order chi connectivity index (χ1) is 7.86. The molecule has 0 aliphatic heterocycles. The molecule has 0 saturated heterocycles. The summed E-state index contributed by atoms with van der Waals surface area (Å²) < 4.78 is 1.68. The fourth-order valence-corrected chi connectivity index (χ4v) is 1.88. The predicted molar refractivity (Wildman–Crippen MR) is 63.2 cm³/mol. The molecule has 3 aromatic rings. The highest BCUT2D eigenvalue weighted by Gasteiger charge is 2.09. The van der Waals surface area contributed by atoms with Crippen LogP contribution in [-0.4, -0.2) is 14.8 Å². The fraction of sp³-hybridized carbons (Fsp3) is 0.0769. The van der Waals surface area contributed by atoms with Crippen molar-refractivity contribution < 1.29 is 0 Å². The molecular formula is C13H11N3. The first kappa shape index (κ1) is 9.09. The number of rotatable bonds is 1. The molecule has 3 rings (SSSR count). The third-order valence-electron chi connectivity index (χ3n) is 2.71. The Morgan fingerprint density at radius 3 is 2.56 bits per heavy atom. The predicted octanol–water partition coefficient (Wildman–Crippen LogP) is 2.70. The fourth-order valence-electron chi connectivity index (χ4n) is 1.88. The Morgan fingerprint density at radius 2 is 1.81 bits per heavy atom. The Kier molecular flexibility index (Phi) is 1.96. The van der Waals surface area contributed by atoms with Crippen LogP contribution in [0, 0.1) is 6.92 Å². The maximum absolute atomic E-state index is 4.49. The van der Waals surface area contributed by atoms with E-state index in [2.05, 4.69) is 29.3 Å². The third kappa shape index (κ3) is 1.29. The molecular weight excluding hydrogens is 198 g/mol. The maximum Gasteiger partial charge on any atom is 0.0980 e. The summed E-state index contributed by atoms with van der Waals surface area (Å²) >= 11 is 0. The summed E-state index contributed by atoms with van der Waals surface area (Å²) in [6, 6.07) is 14.1. The van der Waals surface area contributed by atoms with Crippen LogP contribution in [0.4, 0.5) is 0 Å². The highest BCUT2D eigenvalue weighted by atomic mass is 15.4. The van der Waals surface area contributed by atoms with Gasteiger partial charge in [-0.1, -0.05) is 30.3 Å². The molecule has 0 fully saturated rings. The van der Waals surface area contributed by atoms with E-state index in [1.54, 1.807) is 10.8 Å². The average Bonchev–Trinajstić information content (AvgIpc) is 2.69. The lowest BCUT2D eigenvalue weighted by atomic mass is 10.1. The Bertz CT molecular complexity index is 626. The molecule has 1 aromatic carbocycles. The van der Waals surface area contributed by atoms with Gasteiger partial charge in [0.2, 0.25) is 0 Å². The Morgan fingerprint density at radius 1 is 1.00 bits per heavy atom. The molecule has 0 saturated carbocycles. The quantitative estimate of drug-likeness (QED) is 0.616. The molecule has 0 spiro atoms. The molecule has 0 radical (unpaired) electrons. The number of hydrogen-bond acceptors (Lipinski definition) is 2. The minimum Gasteiger partial charge on any atom is -0.159 e. The van der Waals surface area contributed by atoms with E-state index < -0.39 is 0 Å². The maximum atomic E-state index is 4.49. The van der Waals surface area contributed by atoms with Crippen molar-refractivity contribution in [2.24, 2.45) is 0 Å². The van der Waals surface area contributed by atoms with Crippen molar-refractivity contribution in [3.05, 3.63) is 54.2 Å². The van der Waals surface area contributed by atoms with Crippen LogP contribution in [0.5, 0.6) is 0 Å². The number of fused-ring (bicyclic) bond motifs is 1. The SMILES string of the molecule is Cc1c(-c2ccccc2)nn2ncccc12. The molecule has 0 aliphatic rings. The lowest BCUT2D eigenvalue weighted by Crippen LogP contribution is -1.91. The highest BCUT2D eigenvalue weighted by molar-refractivity contribution is 5.71. The monoisotopic (exact) mass is 209 g/mol. The Labute approximate surface area is 93.3 Å². The summed E-state index contributed by atoms with van der Waals surface area (Å²) in [5, 5.41) is 8.68. The highest BCUT2D eigenvalue weighted by Crippen LogP contribution is 2.24. The second-order valence-electron chi connectivity index (χ2n) is 3.74. The van der Waals surface area contributed by atoms with Crippen molar-refractivity contribution in [2.45, 2.75) is 6.92 Å². The van der Waals surface area contributed by atoms with E-state index in [-0.39, 0.29) is 0 Å². The normalized spacial score (nSPS) is 10.8. The van der Waals surface area contributed by atoms with Gasteiger partial charge in [-0.15, -0.1) is 5.10 Å². The van der Waals surface area contributed by atoms with Gasteiger partial charge in [0.1, 0.15) is 0 Å². The van der Waals surface area contributed by atoms with E-state index in [4.69, 9.17) is 0 Å². The van der Waals surface area contributed by atoms with Gasteiger partial charge in [0.15, 0.2) is 0 Å². The van der Waals surface area contributed by atoms with E-state index in [0.717, 1.165) is 16.8 Å². The van der Waals surface area contributed by atoms with Gasteiger partial charge in [-0.2, -0.15) is 9.73 Å². The number of hydrogen-bond donors (Lipinski definition) is 0. The van der Waals surface area contributed by atoms with Crippen LogP contribution in [0.25, 0.3) is 16.8 Å². The van der Waals surface area contributed by atoms with Crippen LogP contribution in [0.15, 0.2) is 48.7 Å². The lowest BCUT2D eigenvalue weighted by Gasteiger charge is -1.96. The largest absolute Gasteiger partial charge is 0.159 e. The molecule has 2 aromatic heterocycles. The van der Waals surface area contributed by atoms with Crippen molar-refractivity contribution in [2.75, 3.05) is 0 Å². The van der Waals surface area contributed by atoms with Gasteiger partial charge < -0.3 is 0 Å². The molecule has 0 aliphatic carbocycles. The van der Waals surface area contributed by atoms with Crippen LogP contribution in [-0.2, 0) is 0 Å². The number of aryl methyl sites for hydroxylation is 1. The first-order valence-electron chi connectivity index (χ1n) is 5.22. The summed E-state index contributed by atoms with van der Waals surface area (Å²) in [6.45, 7) is 2.08. The number of aromatic nitrogens is 3. The van der Waals surface area contributed by atoms with Gasteiger partial charge >= 0.3 is 0 Å². The van der Waals surface area contributed by atoms with Gasteiger partial charge in [0.05, 0.1) is 11.2 Å². The van der Waals surface area contributed by atoms with E-state index in [0.29, 0.717) is 0 Å². The topological polar surface area (TPSA) is 30.2 Å². The zero-order chi connectivity index (χ0) is 11.0. The zero-order valence-electron chi connectivity index (χ0n) is 8.96. The van der Waals surface area contributed by atoms with Gasteiger partial charge in [-0.05, 0) is 19.1 Å². The molecule has 0 N–H and O–H groups in total. The van der Waals surface area contributed by atoms with Crippen molar-refractivity contribution in [1.82, 2.24) is 14.8 Å². The van der Waals surface area contributed by atoms with Crippen molar-refractivity contribution in [1.29, 1.82) is 0 Å². The van der Waals surface area contributed by atoms with Crippen LogP contribution in [0.1, 0.15) is 5.56 Å². The Balaban J connectivity index is 2.29. The number of nitrogens with zero attached hydrogens (tertiary/aromatic N) is 3. The minimum atomic E-state index is 0.999. The van der Waals surface area contributed by atoms with Gasteiger partial charge in [-0.3, -0.25) is 0 Å². The van der Waals surface area contributed by atoms with Gasteiger partial charge in [-0.25, -0.2) is 0 Å². The van der Waals surface area contributed by atoms with Crippen LogP contribution < -0.4 is 0 Å². The summed E-state index contributed by atoms with van der Waals surface area (Å²) in [6.07, 6.45) is 1.74. The van der Waals surface area contributed by atoms with Crippen molar-refractivity contribution >= 4 is 5.52 Å². The van der Waals surface area contributed by atoms with Crippen molar-refractivity contribution in [3.8, 4) is 11.3 Å². The smallest absolute Gasteiger partial charge is 0.0980 e. The third-order valence-corrected chi connectivity index (χ3v) is 2.71. The molecule has 78 valence electrons. The molecule has 3 heteroatoms. The standard InChI is InChI=1S/C13H11N3/c1-10-12-8-5-9-14-16(12)15-13(10)11-6-3-2-4-7-11/h2-9H,1H3. The molecule has 3 nitrogen and oxygen atoms in total. The zero-order valence-corrected chi connectivity index (χ0v) is 8.96. The molecule has 0 atom stereocenters. The van der Waals surface area contributed by atoms with Crippen LogP contribution >= 0.6 is 0 Å². The summed E-state index contributed by atoms with van der Waals surface area (Å²) in [5.41, 5.74) is 4.35. The molecule has 16 heavy (non-hydrogen) atoms. The van der Waals surface area contributed by atoms with E-state index >= 15 is 0 Å². The summed E-state index contributed by atoms with van der Waals surface area (Å²) in [4.78, 5) is 0. The van der Waals surface area contributed by atoms with E-state index in [1.807, 2.05) is 30.3 Å². The minimum absolute atomic E-state index is 0.999. The van der Waals surface area contributed by atoms with Crippen LogP contribution in [0.2, 0.25) is 0 Å². The van der Waals surface area contributed by atoms with E-state index in [9.17, 15) is 0 Å². The molecule has 0 bridgehead atoms. The summed E-state index contributed by atoms with van der Waals surface area (Å²) in [5.74, 6) is 0. The van der Waals surface area contributed by atoms with Gasteiger partial charge in [0.25, 0.3) is 0 Å². The summed E-state index contributed by atoms with van der Waals surface area (Å²) in [7, 11) is 0. The van der Waals surface area contributed by atoms with E-state index in [1.165, 1.54) is 5.56 Å². The number of benzene rings is 1. The van der Waals surface area contributed by atoms with Crippen LogP contribution in [0.3, 0.4) is 0 Å². The molecule has 0 amide bonds. The average molecular weight is 209 g/mol. The van der Waals surface area contributed by atoms with Crippen molar-refractivity contribution in [3.63, 3.8) is 0 Å². The lowest BCUT2D eigenvalue weighted by molar-refractivity contribution is 0.803. The van der Waals surface area contributed by atoms with Gasteiger partial charge in [0, 0.05) is 17.3 Å². The second kappa shape index (κ2) is 3.45. The Hall–Kier alpha value is -2.16. The second-order valence-corrected chi connectivity index (χ2v) is 3.74. The molecule has 0 unspecified atom stereocenters. The molecule has 2 heterocycles.